The third kappa shape index (κ3) is 5.03. The number of thioether (sulfide) groups is 1. The molecule has 0 bridgehead atoms. The van der Waals surface area contributed by atoms with Crippen LogP contribution in [0, 0.1) is 5.82 Å². The number of aromatic nitrogens is 4. The molecule has 2 amide bonds. The van der Waals surface area contributed by atoms with E-state index in [0.717, 1.165) is 25.7 Å². The minimum atomic E-state index is -0.507. The zero-order chi connectivity index (χ0) is 19.2. The first-order chi connectivity index (χ1) is 13.0. The number of hydrogen-bond acceptors (Lipinski definition) is 6. The van der Waals surface area contributed by atoms with Gasteiger partial charge in [0.1, 0.15) is 5.82 Å². The number of amides is 2. The third-order valence-electron chi connectivity index (χ3n) is 4.48. The van der Waals surface area contributed by atoms with E-state index in [9.17, 15) is 14.0 Å². The second kappa shape index (κ2) is 8.94. The molecule has 0 aliphatic heterocycles. The number of carbonyl (C=O) groups excluding carboxylic acids is 2. The number of hydrogen-bond donors (Lipinski definition) is 1. The lowest BCUT2D eigenvalue weighted by atomic mass is 10.2. The van der Waals surface area contributed by atoms with Gasteiger partial charge in [-0.15, -0.1) is 5.10 Å². The van der Waals surface area contributed by atoms with Crippen LogP contribution in [-0.2, 0) is 9.59 Å². The van der Waals surface area contributed by atoms with Crippen molar-refractivity contribution in [1.82, 2.24) is 20.2 Å². The topological polar surface area (TPSA) is 107 Å². The van der Waals surface area contributed by atoms with E-state index in [2.05, 4.69) is 15.5 Å². The fourth-order valence-electron chi connectivity index (χ4n) is 3.10. The fraction of sp³-hybridized carbons (Fsp3) is 0.471. The van der Waals surface area contributed by atoms with Crippen molar-refractivity contribution in [3.05, 3.63) is 30.1 Å². The summed E-state index contributed by atoms with van der Waals surface area (Å²) in [6.45, 7) is 0.133. The molecule has 1 heterocycles. The van der Waals surface area contributed by atoms with Crippen LogP contribution in [0.1, 0.15) is 38.1 Å². The smallest absolute Gasteiger partial charge is 0.237 e. The van der Waals surface area contributed by atoms with Crippen molar-refractivity contribution in [2.75, 3.05) is 17.2 Å². The van der Waals surface area contributed by atoms with E-state index in [-0.39, 0.29) is 30.7 Å². The zero-order valence-corrected chi connectivity index (χ0v) is 15.6. The SMILES string of the molecule is NC(=O)CCN(C(=O)CSc1nnnn1C1CCCC1)c1ccc(F)cc1. The average Bonchev–Trinajstić information content (AvgIpc) is 3.32. The summed E-state index contributed by atoms with van der Waals surface area (Å²) >= 11 is 1.25. The van der Waals surface area contributed by atoms with Gasteiger partial charge in [-0.05, 0) is 47.5 Å². The Bertz CT molecular complexity index is 791. The highest BCUT2D eigenvalue weighted by Crippen LogP contribution is 2.31. The molecular weight excluding hydrogens is 371 g/mol. The van der Waals surface area contributed by atoms with Gasteiger partial charge in [0.05, 0.1) is 11.8 Å². The van der Waals surface area contributed by atoms with Crippen molar-refractivity contribution in [3.8, 4) is 0 Å². The Labute approximate surface area is 160 Å². The molecule has 0 radical (unpaired) electrons. The van der Waals surface area contributed by atoms with Crippen LogP contribution < -0.4 is 10.6 Å². The standard InChI is InChI=1S/C17H21FN6O2S/c18-12-5-7-13(8-6-12)23(10-9-15(19)25)16(26)11-27-17-20-21-22-24(17)14-3-1-2-4-14/h5-8,14H,1-4,9-11H2,(H2,19,25). The lowest BCUT2D eigenvalue weighted by Crippen LogP contribution is -2.35. The minimum absolute atomic E-state index is 0.0214. The van der Waals surface area contributed by atoms with Crippen LogP contribution in [0.2, 0.25) is 0 Å². The molecule has 144 valence electrons. The van der Waals surface area contributed by atoms with E-state index >= 15 is 0 Å². The maximum absolute atomic E-state index is 13.2. The molecule has 2 N–H and O–H groups in total. The molecule has 1 aliphatic rings. The van der Waals surface area contributed by atoms with Crippen LogP contribution in [-0.4, -0.2) is 44.3 Å². The number of tetrazole rings is 1. The molecule has 27 heavy (non-hydrogen) atoms. The Hall–Kier alpha value is -2.49. The Balaban J connectivity index is 1.68. The highest BCUT2D eigenvalue weighted by Gasteiger charge is 2.23. The first-order valence-electron chi connectivity index (χ1n) is 8.79. The van der Waals surface area contributed by atoms with Crippen molar-refractivity contribution in [2.24, 2.45) is 5.73 Å². The molecule has 10 heteroatoms. The van der Waals surface area contributed by atoms with Crippen molar-refractivity contribution in [2.45, 2.75) is 43.3 Å². The van der Waals surface area contributed by atoms with Gasteiger partial charge in [-0.3, -0.25) is 9.59 Å². The second-order valence-electron chi connectivity index (χ2n) is 6.37. The molecule has 1 saturated carbocycles. The van der Waals surface area contributed by atoms with Gasteiger partial charge in [-0.1, -0.05) is 24.6 Å². The van der Waals surface area contributed by atoms with E-state index in [4.69, 9.17) is 5.73 Å². The summed E-state index contributed by atoms with van der Waals surface area (Å²) in [7, 11) is 0. The number of rotatable bonds is 8. The number of nitrogens with zero attached hydrogens (tertiary/aromatic N) is 5. The van der Waals surface area contributed by atoms with Gasteiger partial charge in [0.15, 0.2) is 0 Å². The predicted molar refractivity (Wildman–Crippen MR) is 98.6 cm³/mol. The molecule has 1 aliphatic carbocycles. The largest absolute Gasteiger partial charge is 0.370 e. The van der Waals surface area contributed by atoms with Gasteiger partial charge in [0, 0.05) is 18.7 Å². The predicted octanol–water partition coefficient (Wildman–Crippen LogP) is 1.93. The van der Waals surface area contributed by atoms with Crippen molar-refractivity contribution < 1.29 is 14.0 Å². The van der Waals surface area contributed by atoms with Gasteiger partial charge in [0.25, 0.3) is 0 Å². The van der Waals surface area contributed by atoms with Gasteiger partial charge in [-0.25, -0.2) is 9.07 Å². The summed E-state index contributed by atoms with van der Waals surface area (Å²) in [5.41, 5.74) is 5.72. The molecule has 0 unspecified atom stereocenters. The highest BCUT2D eigenvalue weighted by molar-refractivity contribution is 7.99. The lowest BCUT2D eigenvalue weighted by Gasteiger charge is -2.22. The Morgan fingerprint density at radius 3 is 2.63 bits per heavy atom. The third-order valence-corrected chi connectivity index (χ3v) is 5.40. The molecule has 8 nitrogen and oxygen atoms in total. The van der Waals surface area contributed by atoms with Crippen LogP contribution in [0.3, 0.4) is 0 Å². The molecule has 1 aromatic carbocycles. The van der Waals surface area contributed by atoms with Crippen LogP contribution in [0.4, 0.5) is 10.1 Å². The molecule has 2 aromatic rings. The number of carbonyl (C=O) groups is 2. The van der Waals surface area contributed by atoms with Crippen LogP contribution >= 0.6 is 11.8 Å². The van der Waals surface area contributed by atoms with Crippen molar-refractivity contribution in [3.63, 3.8) is 0 Å². The number of nitrogens with two attached hydrogens (primary N) is 1. The minimum Gasteiger partial charge on any atom is -0.370 e. The normalized spacial score (nSPS) is 14.4. The van der Waals surface area contributed by atoms with Crippen LogP contribution in [0.25, 0.3) is 0 Å². The van der Waals surface area contributed by atoms with Gasteiger partial charge < -0.3 is 10.6 Å². The summed E-state index contributed by atoms with van der Waals surface area (Å²) in [4.78, 5) is 25.3. The zero-order valence-electron chi connectivity index (χ0n) is 14.8. The number of anilines is 1. The van der Waals surface area contributed by atoms with E-state index in [1.807, 2.05) is 0 Å². The fourth-order valence-corrected chi connectivity index (χ4v) is 3.92. The van der Waals surface area contributed by atoms with Crippen molar-refractivity contribution in [1.29, 1.82) is 0 Å². The number of benzene rings is 1. The average molecular weight is 392 g/mol. The van der Waals surface area contributed by atoms with Gasteiger partial charge >= 0.3 is 0 Å². The maximum Gasteiger partial charge on any atom is 0.237 e. The first-order valence-corrected chi connectivity index (χ1v) is 9.78. The van der Waals surface area contributed by atoms with Crippen LogP contribution in [0.5, 0.6) is 0 Å². The quantitative estimate of drug-likeness (QED) is 0.688. The molecule has 1 aromatic heterocycles. The summed E-state index contributed by atoms with van der Waals surface area (Å²) in [6.07, 6.45) is 4.39. The Morgan fingerprint density at radius 1 is 1.26 bits per heavy atom. The molecule has 1 fully saturated rings. The van der Waals surface area contributed by atoms with Gasteiger partial charge in [-0.2, -0.15) is 0 Å². The molecule has 3 rings (SSSR count). The number of primary amides is 1. The lowest BCUT2D eigenvalue weighted by molar-refractivity contribution is -0.118. The van der Waals surface area contributed by atoms with E-state index in [1.165, 1.54) is 40.9 Å². The molecular formula is C17H21FN6O2S. The Morgan fingerprint density at radius 2 is 1.96 bits per heavy atom. The van der Waals surface area contributed by atoms with E-state index in [1.54, 1.807) is 4.68 Å². The van der Waals surface area contributed by atoms with E-state index in [0.29, 0.717) is 10.8 Å². The summed E-state index contributed by atoms with van der Waals surface area (Å²) in [5.74, 6) is -1.03. The summed E-state index contributed by atoms with van der Waals surface area (Å²) < 4.78 is 15.0. The van der Waals surface area contributed by atoms with Crippen LogP contribution in [0.15, 0.2) is 29.4 Å². The number of halogens is 1. The summed E-state index contributed by atoms with van der Waals surface area (Å²) in [6, 6.07) is 5.82. The molecule has 0 atom stereocenters. The molecule has 0 spiro atoms. The maximum atomic E-state index is 13.2. The first kappa shape index (κ1) is 19.3. The van der Waals surface area contributed by atoms with Crippen molar-refractivity contribution >= 4 is 29.3 Å². The monoisotopic (exact) mass is 392 g/mol. The van der Waals surface area contributed by atoms with E-state index < -0.39 is 11.7 Å². The summed E-state index contributed by atoms with van der Waals surface area (Å²) in [5, 5.41) is 12.4. The second-order valence-corrected chi connectivity index (χ2v) is 7.31. The Kier molecular flexibility index (Phi) is 6.38. The molecule has 0 saturated heterocycles. The highest BCUT2D eigenvalue weighted by atomic mass is 32.2. The van der Waals surface area contributed by atoms with Gasteiger partial charge in [0.2, 0.25) is 17.0 Å².